The van der Waals surface area contributed by atoms with Crippen LogP contribution >= 0.6 is 0 Å². The first kappa shape index (κ1) is 11.8. The number of nitrogens with zero attached hydrogens (tertiary/aromatic N) is 2. The van der Waals surface area contributed by atoms with Crippen molar-refractivity contribution in [2.45, 2.75) is 39.7 Å². The van der Waals surface area contributed by atoms with Crippen LogP contribution in [-0.2, 0) is 6.54 Å². The van der Waals surface area contributed by atoms with Crippen molar-refractivity contribution in [1.82, 2.24) is 9.55 Å². The Labute approximate surface area is 101 Å². The van der Waals surface area contributed by atoms with Gasteiger partial charge in [0.2, 0.25) is 0 Å². The average molecular weight is 230 g/mol. The number of hydrogen-bond acceptors (Lipinski definition) is 2. The minimum Gasteiger partial charge on any atom is -0.305 e. The van der Waals surface area contributed by atoms with Gasteiger partial charge in [-0.05, 0) is 25.5 Å². The second-order valence-corrected chi connectivity index (χ2v) is 4.35. The first-order chi connectivity index (χ1) is 8.24. The van der Waals surface area contributed by atoms with Gasteiger partial charge in [0, 0.05) is 6.54 Å². The van der Waals surface area contributed by atoms with E-state index in [1.807, 2.05) is 28.8 Å². The van der Waals surface area contributed by atoms with Crippen molar-refractivity contribution in [2.75, 3.05) is 0 Å². The summed E-state index contributed by atoms with van der Waals surface area (Å²) in [6.07, 6.45) is 3.36. The molecule has 0 aliphatic rings. The highest BCUT2D eigenvalue weighted by Crippen LogP contribution is 2.10. The third kappa shape index (κ3) is 2.38. The van der Waals surface area contributed by atoms with Gasteiger partial charge in [-0.15, -0.1) is 0 Å². The van der Waals surface area contributed by atoms with Crippen molar-refractivity contribution in [3.63, 3.8) is 0 Å². The van der Waals surface area contributed by atoms with E-state index in [0.29, 0.717) is 5.69 Å². The molecule has 0 fully saturated rings. The second-order valence-electron chi connectivity index (χ2n) is 4.35. The molecule has 1 aromatic carbocycles. The summed E-state index contributed by atoms with van der Waals surface area (Å²) in [5.74, 6) is 0. The van der Waals surface area contributed by atoms with Gasteiger partial charge < -0.3 is 4.57 Å². The molecule has 0 bridgehead atoms. The van der Waals surface area contributed by atoms with E-state index in [1.165, 1.54) is 0 Å². The zero-order valence-electron chi connectivity index (χ0n) is 10.4. The molecule has 3 heteroatoms. The highest BCUT2D eigenvalue weighted by Gasteiger charge is 2.06. The maximum Gasteiger partial charge on any atom is 0.272 e. The van der Waals surface area contributed by atoms with Crippen LogP contribution < -0.4 is 5.56 Å². The van der Waals surface area contributed by atoms with Crippen molar-refractivity contribution in [1.29, 1.82) is 0 Å². The first-order valence-electron chi connectivity index (χ1n) is 6.20. The lowest BCUT2D eigenvalue weighted by Gasteiger charge is -2.10. The van der Waals surface area contributed by atoms with Crippen LogP contribution in [0.4, 0.5) is 0 Å². The predicted molar refractivity (Wildman–Crippen MR) is 70.3 cm³/mol. The van der Waals surface area contributed by atoms with Crippen LogP contribution in [-0.4, -0.2) is 9.55 Å². The summed E-state index contributed by atoms with van der Waals surface area (Å²) < 4.78 is 1.85. The lowest BCUT2D eigenvalue weighted by Crippen LogP contribution is -2.24. The number of aryl methyl sites for hydroxylation is 2. The van der Waals surface area contributed by atoms with Gasteiger partial charge in [0.1, 0.15) is 5.69 Å². The van der Waals surface area contributed by atoms with Crippen LogP contribution in [0.25, 0.3) is 11.0 Å². The van der Waals surface area contributed by atoms with E-state index in [9.17, 15) is 4.79 Å². The van der Waals surface area contributed by atoms with Gasteiger partial charge >= 0.3 is 0 Å². The number of para-hydroxylation sites is 2. The Balaban J connectivity index is 2.50. The molecule has 0 atom stereocenters. The fourth-order valence-corrected chi connectivity index (χ4v) is 2.06. The van der Waals surface area contributed by atoms with Crippen molar-refractivity contribution in [3.05, 3.63) is 40.3 Å². The minimum atomic E-state index is 0.0415. The Morgan fingerprint density at radius 2 is 2.00 bits per heavy atom. The largest absolute Gasteiger partial charge is 0.305 e. The Morgan fingerprint density at radius 1 is 1.24 bits per heavy atom. The van der Waals surface area contributed by atoms with E-state index < -0.39 is 0 Å². The Hall–Kier alpha value is -1.64. The summed E-state index contributed by atoms with van der Waals surface area (Å²) in [5, 5.41) is 0. The highest BCUT2D eigenvalue weighted by atomic mass is 16.1. The fraction of sp³-hybridized carbons (Fsp3) is 0.429. The normalized spacial score (nSPS) is 10.9. The Bertz CT molecular complexity index is 572. The van der Waals surface area contributed by atoms with Crippen LogP contribution in [0, 0.1) is 6.92 Å². The fourth-order valence-electron chi connectivity index (χ4n) is 2.06. The smallest absolute Gasteiger partial charge is 0.272 e. The molecule has 2 aromatic rings. The Morgan fingerprint density at radius 3 is 2.76 bits per heavy atom. The maximum atomic E-state index is 12.1. The van der Waals surface area contributed by atoms with Gasteiger partial charge in [0.05, 0.1) is 11.0 Å². The van der Waals surface area contributed by atoms with E-state index in [-0.39, 0.29) is 5.56 Å². The number of benzene rings is 1. The van der Waals surface area contributed by atoms with E-state index in [1.54, 1.807) is 6.92 Å². The number of rotatable bonds is 4. The van der Waals surface area contributed by atoms with E-state index in [0.717, 1.165) is 36.8 Å². The topological polar surface area (TPSA) is 34.9 Å². The average Bonchev–Trinajstić information content (AvgIpc) is 2.34. The number of hydrogen-bond donors (Lipinski definition) is 0. The van der Waals surface area contributed by atoms with Crippen LogP contribution in [0.2, 0.25) is 0 Å². The zero-order chi connectivity index (χ0) is 12.3. The van der Waals surface area contributed by atoms with Crippen molar-refractivity contribution >= 4 is 11.0 Å². The first-order valence-corrected chi connectivity index (χ1v) is 6.20. The summed E-state index contributed by atoms with van der Waals surface area (Å²) in [7, 11) is 0. The molecule has 2 rings (SSSR count). The molecule has 0 amide bonds. The summed E-state index contributed by atoms with van der Waals surface area (Å²) >= 11 is 0. The molecule has 90 valence electrons. The highest BCUT2D eigenvalue weighted by molar-refractivity contribution is 5.74. The van der Waals surface area contributed by atoms with Crippen LogP contribution in [0.5, 0.6) is 0 Å². The van der Waals surface area contributed by atoms with E-state index in [2.05, 4.69) is 11.9 Å². The molecular weight excluding hydrogens is 212 g/mol. The van der Waals surface area contributed by atoms with Gasteiger partial charge in [-0.25, -0.2) is 4.98 Å². The molecule has 3 nitrogen and oxygen atoms in total. The molecule has 0 radical (unpaired) electrons. The van der Waals surface area contributed by atoms with Gasteiger partial charge in [-0.3, -0.25) is 4.79 Å². The SMILES string of the molecule is CCCCCn1c(=O)c(C)nc2ccccc21. The van der Waals surface area contributed by atoms with Gasteiger partial charge in [0.15, 0.2) is 0 Å². The van der Waals surface area contributed by atoms with Crippen molar-refractivity contribution < 1.29 is 0 Å². The molecule has 0 aliphatic heterocycles. The maximum absolute atomic E-state index is 12.1. The second kappa shape index (κ2) is 5.13. The van der Waals surface area contributed by atoms with Crippen LogP contribution in [0.3, 0.4) is 0 Å². The van der Waals surface area contributed by atoms with Gasteiger partial charge in [-0.2, -0.15) is 0 Å². The summed E-state index contributed by atoms with van der Waals surface area (Å²) in [4.78, 5) is 16.4. The molecule has 0 saturated carbocycles. The molecule has 0 unspecified atom stereocenters. The lowest BCUT2D eigenvalue weighted by molar-refractivity contribution is 0.598. The molecule has 1 aromatic heterocycles. The molecule has 17 heavy (non-hydrogen) atoms. The summed E-state index contributed by atoms with van der Waals surface area (Å²) in [6.45, 7) is 4.74. The summed E-state index contributed by atoms with van der Waals surface area (Å²) in [5.41, 5.74) is 2.47. The molecule has 0 N–H and O–H groups in total. The van der Waals surface area contributed by atoms with Gasteiger partial charge in [-0.1, -0.05) is 31.9 Å². The lowest BCUT2D eigenvalue weighted by atomic mass is 10.2. The molecule has 0 spiro atoms. The minimum absolute atomic E-state index is 0.0415. The van der Waals surface area contributed by atoms with E-state index in [4.69, 9.17) is 0 Å². The summed E-state index contributed by atoms with van der Waals surface area (Å²) in [6, 6.07) is 7.83. The molecule has 0 saturated heterocycles. The quantitative estimate of drug-likeness (QED) is 0.757. The number of unbranched alkanes of at least 4 members (excludes halogenated alkanes) is 2. The monoisotopic (exact) mass is 230 g/mol. The van der Waals surface area contributed by atoms with Crippen molar-refractivity contribution in [2.24, 2.45) is 0 Å². The Kier molecular flexibility index (Phi) is 3.57. The predicted octanol–water partition coefficient (Wildman–Crippen LogP) is 2.90. The van der Waals surface area contributed by atoms with Crippen molar-refractivity contribution in [3.8, 4) is 0 Å². The number of fused-ring (bicyclic) bond motifs is 1. The third-order valence-corrected chi connectivity index (χ3v) is 3.00. The van der Waals surface area contributed by atoms with Crippen LogP contribution in [0.1, 0.15) is 31.9 Å². The standard InChI is InChI=1S/C14H18N2O/c1-3-4-7-10-16-13-9-6-5-8-12(13)15-11(2)14(16)17/h5-6,8-9H,3-4,7,10H2,1-2H3. The molecular formula is C14H18N2O. The van der Waals surface area contributed by atoms with E-state index >= 15 is 0 Å². The van der Waals surface area contributed by atoms with Gasteiger partial charge in [0.25, 0.3) is 5.56 Å². The molecule has 1 heterocycles. The van der Waals surface area contributed by atoms with Crippen LogP contribution in [0.15, 0.2) is 29.1 Å². The third-order valence-electron chi connectivity index (χ3n) is 3.00. The zero-order valence-corrected chi connectivity index (χ0v) is 10.4. The number of aromatic nitrogens is 2. The molecule has 0 aliphatic carbocycles.